The van der Waals surface area contributed by atoms with Crippen molar-refractivity contribution in [1.82, 2.24) is 4.72 Å². The molecule has 0 saturated carbocycles. The summed E-state index contributed by atoms with van der Waals surface area (Å²) in [6.07, 6.45) is 6.81. The molecule has 0 aliphatic heterocycles. The van der Waals surface area contributed by atoms with Crippen molar-refractivity contribution in [2.24, 2.45) is 0 Å². The van der Waals surface area contributed by atoms with Gasteiger partial charge in [-0.05, 0) is 19.3 Å². The van der Waals surface area contributed by atoms with Crippen LogP contribution in [0.5, 0.6) is 0 Å². The second-order valence-electron chi connectivity index (χ2n) is 4.02. The van der Waals surface area contributed by atoms with Crippen molar-refractivity contribution in [3.8, 4) is 0 Å². The summed E-state index contributed by atoms with van der Waals surface area (Å²) in [5, 5.41) is 0. The molecule has 0 radical (unpaired) electrons. The van der Waals surface area contributed by atoms with Gasteiger partial charge in [-0.1, -0.05) is 32.6 Å². The predicted octanol–water partition coefficient (Wildman–Crippen LogP) is 2.90. The minimum atomic E-state index is -3.03. The molecule has 0 amide bonds. The van der Waals surface area contributed by atoms with E-state index in [4.69, 9.17) is 11.6 Å². The highest BCUT2D eigenvalue weighted by molar-refractivity contribution is 7.89. The first-order valence-corrected chi connectivity index (χ1v) is 8.34. The van der Waals surface area contributed by atoms with Gasteiger partial charge in [0.1, 0.15) is 0 Å². The summed E-state index contributed by atoms with van der Waals surface area (Å²) in [5.74, 6) is 0.920. The number of sulfonamides is 1. The van der Waals surface area contributed by atoms with Crippen LogP contribution in [0.25, 0.3) is 0 Å². The summed E-state index contributed by atoms with van der Waals surface area (Å²) >= 11 is 5.54. The molecular weight excluding hydrogens is 246 g/mol. The van der Waals surface area contributed by atoms with E-state index in [2.05, 4.69) is 11.6 Å². The van der Waals surface area contributed by atoms with Crippen molar-refractivity contribution in [3.63, 3.8) is 0 Å². The molecule has 0 bridgehead atoms. The van der Waals surface area contributed by atoms with Crippen molar-refractivity contribution in [3.05, 3.63) is 0 Å². The minimum absolute atomic E-state index is 0.251. The lowest BCUT2D eigenvalue weighted by molar-refractivity contribution is 0.570. The van der Waals surface area contributed by atoms with Crippen LogP contribution in [0.1, 0.15) is 51.9 Å². The number of hydrogen-bond donors (Lipinski definition) is 1. The summed E-state index contributed by atoms with van der Waals surface area (Å²) < 4.78 is 25.6. The monoisotopic (exact) mass is 269 g/mol. The fourth-order valence-electron chi connectivity index (χ4n) is 1.41. The van der Waals surface area contributed by atoms with Gasteiger partial charge in [-0.25, -0.2) is 13.1 Å². The second kappa shape index (κ2) is 10.4. The summed E-state index contributed by atoms with van der Waals surface area (Å²) in [6, 6.07) is 0. The number of alkyl halides is 1. The number of hydrogen-bond acceptors (Lipinski definition) is 2. The van der Waals surface area contributed by atoms with E-state index in [1.807, 2.05) is 0 Å². The molecule has 0 aliphatic rings. The zero-order valence-electron chi connectivity index (χ0n) is 10.2. The Morgan fingerprint density at radius 3 is 2.31 bits per heavy atom. The predicted molar refractivity (Wildman–Crippen MR) is 70.5 cm³/mol. The van der Waals surface area contributed by atoms with Crippen molar-refractivity contribution in [2.75, 3.05) is 18.2 Å². The van der Waals surface area contributed by atoms with Crippen LogP contribution >= 0.6 is 11.6 Å². The molecule has 0 aromatic rings. The van der Waals surface area contributed by atoms with Crippen molar-refractivity contribution < 1.29 is 8.42 Å². The van der Waals surface area contributed by atoms with Crippen LogP contribution in [0.4, 0.5) is 0 Å². The maximum Gasteiger partial charge on any atom is 0.211 e. The molecule has 98 valence electrons. The van der Waals surface area contributed by atoms with Crippen LogP contribution in [0.3, 0.4) is 0 Å². The lowest BCUT2D eigenvalue weighted by Gasteiger charge is -2.05. The van der Waals surface area contributed by atoms with Gasteiger partial charge in [0.25, 0.3) is 0 Å². The third-order valence-electron chi connectivity index (χ3n) is 2.40. The SMILES string of the molecule is CCCCCNS(=O)(=O)CCCCCCCl. The topological polar surface area (TPSA) is 46.2 Å². The van der Waals surface area contributed by atoms with Gasteiger partial charge < -0.3 is 0 Å². The van der Waals surface area contributed by atoms with Gasteiger partial charge in [0.2, 0.25) is 10.0 Å². The molecule has 1 N–H and O–H groups in total. The Morgan fingerprint density at radius 1 is 1.00 bits per heavy atom. The highest BCUT2D eigenvalue weighted by Gasteiger charge is 2.08. The van der Waals surface area contributed by atoms with E-state index in [9.17, 15) is 8.42 Å². The van der Waals surface area contributed by atoms with Crippen LogP contribution < -0.4 is 4.72 Å². The zero-order valence-corrected chi connectivity index (χ0v) is 11.7. The molecule has 0 rings (SSSR count). The van der Waals surface area contributed by atoms with Crippen LogP contribution in [-0.4, -0.2) is 26.6 Å². The Kier molecular flexibility index (Phi) is 10.5. The second-order valence-corrected chi connectivity index (χ2v) is 6.33. The molecule has 0 spiro atoms. The first kappa shape index (κ1) is 16.2. The van der Waals surface area contributed by atoms with Crippen LogP contribution in [-0.2, 0) is 10.0 Å². The standard InChI is InChI=1S/C11H24ClNO2S/c1-2-3-7-10-13-16(14,15)11-8-5-4-6-9-12/h13H,2-11H2,1H3. The third-order valence-corrected chi connectivity index (χ3v) is 4.14. The molecule has 0 fully saturated rings. The third kappa shape index (κ3) is 10.7. The highest BCUT2D eigenvalue weighted by atomic mass is 35.5. The Morgan fingerprint density at radius 2 is 1.69 bits per heavy atom. The van der Waals surface area contributed by atoms with E-state index < -0.39 is 10.0 Å². The smallest absolute Gasteiger partial charge is 0.211 e. The average Bonchev–Trinajstić information content (AvgIpc) is 2.24. The Bertz CT molecular complexity index is 242. The lowest BCUT2D eigenvalue weighted by atomic mass is 10.2. The molecule has 0 heterocycles. The molecule has 16 heavy (non-hydrogen) atoms. The number of nitrogens with one attached hydrogen (secondary N) is 1. The van der Waals surface area contributed by atoms with E-state index in [0.717, 1.165) is 44.9 Å². The maximum absolute atomic E-state index is 11.5. The maximum atomic E-state index is 11.5. The molecular formula is C11H24ClNO2S. The van der Waals surface area contributed by atoms with Gasteiger partial charge in [0.05, 0.1) is 5.75 Å². The van der Waals surface area contributed by atoms with Gasteiger partial charge in [0, 0.05) is 12.4 Å². The molecule has 5 heteroatoms. The van der Waals surface area contributed by atoms with Gasteiger partial charge in [-0.3, -0.25) is 0 Å². The summed E-state index contributed by atoms with van der Waals surface area (Å²) in [7, 11) is -3.03. The molecule has 0 aromatic heterocycles. The normalized spacial score (nSPS) is 11.9. The quantitative estimate of drug-likeness (QED) is 0.463. The number of unbranched alkanes of at least 4 members (excludes halogenated alkanes) is 5. The average molecular weight is 270 g/mol. The van der Waals surface area contributed by atoms with Gasteiger partial charge in [0.15, 0.2) is 0 Å². The first-order valence-electron chi connectivity index (χ1n) is 6.15. The number of rotatable bonds is 11. The van der Waals surface area contributed by atoms with Crippen LogP contribution in [0, 0.1) is 0 Å². The van der Waals surface area contributed by atoms with Crippen LogP contribution in [0.15, 0.2) is 0 Å². The molecule has 0 atom stereocenters. The summed E-state index contributed by atoms with van der Waals surface area (Å²) in [4.78, 5) is 0. The molecule has 0 unspecified atom stereocenters. The van der Waals surface area contributed by atoms with E-state index in [-0.39, 0.29) is 5.75 Å². The van der Waals surface area contributed by atoms with Crippen LogP contribution in [0.2, 0.25) is 0 Å². The highest BCUT2D eigenvalue weighted by Crippen LogP contribution is 2.03. The molecule has 3 nitrogen and oxygen atoms in total. The van der Waals surface area contributed by atoms with E-state index in [0.29, 0.717) is 12.4 Å². The largest absolute Gasteiger partial charge is 0.215 e. The Hall–Kier alpha value is 0.200. The lowest BCUT2D eigenvalue weighted by Crippen LogP contribution is -2.27. The van der Waals surface area contributed by atoms with Gasteiger partial charge in [-0.15, -0.1) is 11.6 Å². The van der Waals surface area contributed by atoms with E-state index >= 15 is 0 Å². The van der Waals surface area contributed by atoms with Gasteiger partial charge >= 0.3 is 0 Å². The molecule has 0 aromatic carbocycles. The zero-order chi connectivity index (χ0) is 12.3. The van der Waals surface area contributed by atoms with E-state index in [1.165, 1.54) is 0 Å². The van der Waals surface area contributed by atoms with Crippen molar-refractivity contribution in [1.29, 1.82) is 0 Å². The fourth-order valence-corrected chi connectivity index (χ4v) is 2.79. The van der Waals surface area contributed by atoms with Gasteiger partial charge in [-0.2, -0.15) is 0 Å². The van der Waals surface area contributed by atoms with Crippen molar-refractivity contribution in [2.45, 2.75) is 51.9 Å². The van der Waals surface area contributed by atoms with E-state index in [1.54, 1.807) is 0 Å². The minimum Gasteiger partial charge on any atom is -0.215 e. The fraction of sp³-hybridized carbons (Fsp3) is 1.00. The first-order chi connectivity index (χ1) is 7.62. The molecule has 0 saturated heterocycles. The summed E-state index contributed by atoms with van der Waals surface area (Å²) in [5.41, 5.74) is 0. The molecule has 0 aliphatic carbocycles. The van der Waals surface area contributed by atoms with Crippen molar-refractivity contribution >= 4 is 21.6 Å². The summed E-state index contributed by atoms with van der Waals surface area (Å²) in [6.45, 7) is 2.68. The Balaban J connectivity index is 3.47. The number of halogens is 1. The Labute approximate surface area is 105 Å².